The number of fused-ring (bicyclic) bond motifs is 9. The predicted octanol–water partition coefficient (Wildman–Crippen LogP) is 15.5. The van der Waals surface area contributed by atoms with Crippen LogP contribution in [0.25, 0.3) is 83.1 Å². The van der Waals surface area contributed by atoms with Gasteiger partial charge in [0.15, 0.2) is 0 Å². The second-order valence-corrected chi connectivity index (χ2v) is 17.4. The van der Waals surface area contributed by atoms with Gasteiger partial charge in [0.1, 0.15) is 11.2 Å². The fourth-order valence-electron chi connectivity index (χ4n) is 9.92. The fraction of sp³-hybridized carbons (Fsp3) is 0.123. The zero-order chi connectivity index (χ0) is 39.3. The number of furan rings is 1. The van der Waals surface area contributed by atoms with Crippen LogP contribution < -0.4 is 0 Å². The summed E-state index contributed by atoms with van der Waals surface area (Å²) in [6.45, 7) is 14.2. The second kappa shape index (κ2) is 12.7. The number of benzene rings is 8. The Morgan fingerprint density at radius 3 is 1.57 bits per heavy atom. The van der Waals surface area contributed by atoms with Crippen LogP contribution in [-0.4, -0.2) is 0 Å². The summed E-state index contributed by atoms with van der Waals surface area (Å²) in [6.07, 6.45) is 0.813. The molecule has 0 N–H and O–H groups in total. The van der Waals surface area contributed by atoms with E-state index in [1.165, 1.54) is 89.0 Å². The van der Waals surface area contributed by atoms with Crippen molar-refractivity contribution in [1.82, 2.24) is 0 Å². The number of rotatable bonds is 6. The minimum Gasteiger partial charge on any atom is -0.456 e. The molecule has 2 aliphatic carbocycles. The molecule has 0 saturated carbocycles. The van der Waals surface area contributed by atoms with Crippen LogP contribution in [0, 0.1) is 0 Å². The largest absolute Gasteiger partial charge is 0.456 e. The Labute approximate surface area is 341 Å². The first kappa shape index (κ1) is 34.5. The molecule has 278 valence electrons. The SMILES string of the molecule is C=C(Cc1ccc(-c2ccc(-c3ccccc3)cc2)cc1)c1ccc2c(c1)C(C)(C)c1cc3c(cc1-2)C(C)(C)c1cc(-c2ccc4oc5ccccc5c4c2)ccc1-3. The molecule has 58 heavy (non-hydrogen) atoms. The van der Waals surface area contributed by atoms with Crippen molar-refractivity contribution in [3.63, 3.8) is 0 Å². The maximum Gasteiger partial charge on any atom is 0.135 e. The summed E-state index contributed by atoms with van der Waals surface area (Å²) in [7, 11) is 0. The fourth-order valence-corrected chi connectivity index (χ4v) is 9.92. The lowest BCUT2D eigenvalue weighted by atomic mass is 9.79. The monoisotopic (exact) mass is 744 g/mol. The highest BCUT2D eigenvalue weighted by atomic mass is 16.3. The standard InChI is InChI=1S/C57H44O/c1-35(29-36-15-17-38(18-16-36)40-21-19-39(20-22-40)37-11-7-6-8-12-37)41-23-26-44-47-33-53-48(34-52(47)56(2,3)50(44)31-41)45-27-24-43(32-51(45)57(53,4)5)42-25-28-55-49(30-42)46-13-9-10-14-54(46)58-55/h6-28,30-34H,1,29H2,2-5H3. The van der Waals surface area contributed by atoms with Gasteiger partial charge in [-0.15, -0.1) is 0 Å². The van der Waals surface area contributed by atoms with E-state index in [-0.39, 0.29) is 10.8 Å². The minimum absolute atomic E-state index is 0.134. The molecule has 0 unspecified atom stereocenters. The lowest BCUT2D eigenvalue weighted by Crippen LogP contribution is -2.17. The summed E-state index contributed by atoms with van der Waals surface area (Å²) < 4.78 is 6.14. The summed E-state index contributed by atoms with van der Waals surface area (Å²) in [4.78, 5) is 0. The number of hydrogen-bond donors (Lipinski definition) is 0. The van der Waals surface area contributed by atoms with E-state index in [0.29, 0.717) is 0 Å². The molecule has 0 fully saturated rings. The molecule has 0 bridgehead atoms. The Bertz CT molecular complexity index is 3120. The molecule has 0 aliphatic heterocycles. The molecule has 0 atom stereocenters. The van der Waals surface area contributed by atoms with Crippen LogP contribution >= 0.6 is 0 Å². The summed E-state index contributed by atoms with van der Waals surface area (Å²) in [5.41, 5.74) is 23.6. The van der Waals surface area contributed by atoms with Gasteiger partial charge in [-0.25, -0.2) is 0 Å². The number of hydrogen-bond acceptors (Lipinski definition) is 1. The molecule has 0 saturated heterocycles. The van der Waals surface area contributed by atoms with Crippen LogP contribution in [-0.2, 0) is 17.3 Å². The average molecular weight is 745 g/mol. The number of allylic oxidation sites excluding steroid dienone is 1. The van der Waals surface area contributed by atoms with Gasteiger partial charge < -0.3 is 4.42 Å². The van der Waals surface area contributed by atoms with Crippen molar-refractivity contribution in [2.24, 2.45) is 0 Å². The summed E-state index contributed by atoms with van der Waals surface area (Å²) in [6, 6.07) is 62.5. The van der Waals surface area contributed by atoms with Gasteiger partial charge in [-0.05, 0) is 143 Å². The highest BCUT2D eigenvalue weighted by Crippen LogP contribution is 2.56. The van der Waals surface area contributed by atoms with E-state index in [1.54, 1.807) is 0 Å². The van der Waals surface area contributed by atoms with Crippen LogP contribution in [0.15, 0.2) is 181 Å². The molecular formula is C57H44O. The van der Waals surface area contributed by atoms with Crippen LogP contribution in [0.2, 0.25) is 0 Å². The van der Waals surface area contributed by atoms with Gasteiger partial charge in [0.05, 0.1) is 0 Å². The lowest BCUT2D eigenvalue weighted by molar-refractivity contribution is 0.652. The van der Waals surface area contributed by atoms with E-state index in [2.05, 4.69) is 192 Å². The Kier molecular flexibility index (Phi) is 7.53. The highest BCUT2D eigenvalue weighted by Gasteiger charge is 2.42. The summed E-state index contributed by atoms with van der Waals surface area (Å²) >= 11 is 0. The van der Waals surface area contributed by atoms with Crippen molar-refractivity contribution in [3.05, 3.63) is 210 Å². The maximum absolute atomic E-state index is 6.14. The maximum atomic E-state index is 6.14. The van der Waals surface area contributed by atoms with Gasteiger partial charge in [0, 0.05) is 21.6 Å². The minimum atomic E-state index is -0.136. The first-order chi connectivity index (χ1) is 28.1. The molecule has 11 rings (SSSR count). The number of para-hydroxylation sites is 1. The second-order valence-electron chi connectivity index (χ2n) is 17.4. The van der Waals surface area contributed by atoms with Gasteiger partial charge in [-0.1, -0.05) is 162 Å². The normalized spacial score (nSPS) is 14.3. The van der Waals surface area contributed by atoms with Gasteiger partial charge in [0.25, 0.3) is 0 Å². The molecule has 1 aromatic heterocycles. The molecule has 9 aromatic rings. The van der Waals surface area contributed by atoms with Gasteiger partial charge >= 0.3 is 0 Å². The summed E-state index contributed by atoms with van der Waals surface area (Å²) in [5.74, 6) is 0. The van der Waals surface area contributed by atoms with Crippen molar-refractivity contribution in [2.75, 3.05) is 0 Å². The Hall–Kier alpha value is -6.70. The quantitative estimate of drug-likeness (QED) is 0.165. The third-order valence-corrected chi connectivity index (χ3v) is 13.3. The van der Waals surface area contributed by atoms with E-state index in [4.69, 9.17) is 4.42 Å². The predicted molar refractivity (Wildman–Crippen MR) is 244 cm³/mol. The Morgan fingerprint density at radius 1 is 0.414 bits per heavy atom. The molecule has 0 radical (unpaired) electrons. The molecule has 1 heterocycles. The van der Waals surface area contributed by atoms with Gasteiger partial charge in [-0.2, -0.15) is 0 Å². The van der Waals surface area contributed by atoms with Crippen molar-refractivity contribution < 1.29 is 4.42 Å². The van der Waals surface area contributed by atoms with E-state index in [0.717, 1.165) is 33.9 Å². The molecule has 1 heteroatoms. The molecule has 1 nitrogen and oxygen atoms in total. The molecule has 2 aliphatic rings. The first-order valence-corrected chi connectivity index (χ1v) is 20.5. The van der Waals surface area contributed by atoms with Crippen LogP contribution in [0.3, 0.4) is 0 Å². The third kappa shape index (κ3) is 5.30. The molecule has 8 aromatic carbocycles. The summed E-state index contributed by atoms with van der Waals surface area (Å²) in [5, 5.41) is 2.32. The van der Waals surface area contributed by atoms with Gasteiger partial charge in [-0.3, -0.25) is 0 Å². The highest BCUT2D eigenvalue weighted by molar-refractivity contribution is 6.06. The zero-order valence-electron chi connectivity index (χ0n) is 33.5. The van der Waals surface area contributed by atoms with E-state index in [1.807, 2.05) is 12.1 Å². The average Bonchev–Trinajstić information content (AvgIpc) is 3.82. The van der Waals surface area contributed by atoms with E-state index >= 15 is 0 Å². The topological polar surface area (TPSA) is 13.1 Å². The van der Waals surface area contributed by atoms with Crippen molar-refractivity contribution in [2.45, 2.75) is 44.9 Å². The molecule has 0 spiro atoms. The smallest absolute Gasteiger partial charge is 0.135 e. The van der Waals surface area contributed by atoms with E-state index in [9.17, 15) is 0 Å². The van der Waals surface area contributed by atoms with Crippen LogP contribution in [0.5, 0.6) is 0 Å². The molecular weight excluding hydrogens is 701 g/mol. The van der Waals surface area contributed by atoms with Crippen molar-refractivity contribution in [1.29, 1.82) is 0 Å². The molecule has 0 amide bonds. The third-order valence-electron chi connectivity index (χ3n) is 13.3. The first-order valence-electron chi connectivity index (χ1n) is 20.5. The van der Waals surface area contributed by atoms with E-state index < -0.39 is 0 Å². The van der Waals surface area contributed by atoms with Crippen LogP contribution in [0.4, 0.5) is 0 Å². The van der Waals surface area contributed by atoms with Crippen LogP contribution in [0.1, 0.15) is 61.1 Å². The zero-order valence-corrected chi connectivity index (χ0v) is 33.5. The Balaban J connectivity index is 0.859. The van der Waals surface area contributed by atoms with Gasteiger partial charge in [0.2, 0.25) is 0 Å². The Morgan fingerprint density at radius 2 is 0.897 bits per heavy atom. The van der Waals surface area contributed by atoms with Crippen molar-refractivity contribution >= 4 is 27.5 Å². The lowest BCUT2D eigenvalue weighted by Gasteiger charge is -2.24. The van der Waals surface area contributed by atoms with Crippen molar-refractivity contribution in [3.8, 4) is 55.6 Å².